The third-order valence-electron chi connectivity index (χ3n) is 9.49. The van der Waals surface area contributed by atoms with Gasteiger partial charge in [0.15, 0.2) is 0 Å². The number of hydrogen-bond acceptors (Lipinski definition) is 6. The number of aromatic hydroxyl groups is 2. The Hall–Kier alpha value is -5.64. The Bertz CT molecular complexity index is 1820. The smallest absolute Gasteiger partial charge is 0.319 e. The van der Waals surface area contributed by atoms with E-state index in [0.717, 1.165) is 47.9 Å². The minimum Gasteiger partial charge on any atom is -0.507 e. The molecular weight excluding hydrogens is 677 g/mol. The maximum absolute atomic E-state index is 12.6. The zero-order valence-corrected chi connectivity index (χ0v) is 32.2. The molecule has 6 N–H and O–H groups in total. The zero-order valence-electron chi connectivity index (χ0n) is 32.2. The summed E-state index contributed by atoms with van der Waals surface area (Å²) in [7, 11) is 0. The van der Waals surface area contributed by atoms with Crippen LogP contribution in [0, 0.1) is 0 Å². The number of phenolic OH excluding ortho intramolecular Hbond substituents is 2. The zero-order chi connectivity index (χ0) is 38.9. The molecule has 0 spiro atoms. The number of nitrogens with one attached hydrogen (secondary N) is 4. The van der Waals surface area contributed by atoms with Crippen molar-refractivity contribution in [3.05, 3.63) is 118 Å². The first kappa shape index (κ1) is 39.6. The van der Waals surface area contributed by atoms with Crippen molar-refractivity contribution in [1.29, 1.82) is 0 Å². The third-order valence-corrected chi connectivity index (χ3v) is 9.49. The lowest BCUT2D eigenvalue weighted by atomic mass is 9.84. The molecule has 5 rings (SSSR count). The lowest BCUT2D eigenvalue weighted by Crippen LogP contribution is -2.28. The molecule has 0 unspecified atom stereocenters. The summed E-state index contributed by atoms with van der Waals surface area (Å²) in [6.07, 6.45) is 7.17. The molecule has 4 aromatic carbocycles. The van der Waals surface area contributed by atoms with E-state index in [2.05, 4.69) is 21.3 Å². The van der Waals surface area contributed by atoms with E-state index in [-0.39, 0.29) is 59.6 Å². The maximum atomic E-state index is 12.6. The molecule has 1 aliphatic carbocycles. The van der Waals surface area contributed by atoms with Gasteiger partial charge in [0.25, 0.3) is 0 Å². The van der Waals surface area contributed by atoms with Crippen LogP contribution in [0.5, 0.6) is 11.5 Å². The molecule has 0 heterocycles. The molecule has 0 radical (unpaired) electrons. The Kier molecular flexibility index (Phi) is 12.8. The fourth-order valence-corrected chi connectivity index (χ4v) is 6.53. The second-order valence-electron chi connectivity index (χ2n) is 16.0. The van der Waals surface area contributed by atoms with E-state index in [1.807, 2.05) is 126 Å². The van der Waals surface area contributed by atoms with Gasteiger partial charge in [0, 0.05) is 59.1 Å². The Morgan fingerprint density at radius 3 is 1.35 bits per heavy atom. The molecule has 4 aromatic rings. The van der Waals surface area contributed by atoms with Gasteiger partial charge in [0.2, 0.25) is 0 Å². The molecule has 0 aliphatic heterocycles. The minimum absolute atomic E-state index is 0.123. The predicted molar refractivity (Wildman–Crippen MR) is 219 cm³/mol. The second-order valence-corrected chi connectivity index (χ2v) is 16.0. The van der Waals surface area contributed by atoms with Gasteiger partial charge in [-0.05, 0) is 83.3 Å². The highest BCUT2D eigenvalue weighted by atomic mass is 16.3. The molecule has 10 heteroatoms. The quantitative estimate of drug-likeness (QED) is 0.0903. The van der Waals surface area contributed by atoms with Gasteiger partial charge in [-0.1, -0.05) is 90.8 Å². The largest absolute Gasteiger partial charge is 0.507 e. The summed E-state index contributed by atoms with van der Waals surface area (Å²) in [6, 6.07) is 25.2. The number of anilines is 2. The highest BCUT2D eigenvalue weighted by Crippen LogP contribution is 2.36. The molecule has 4 amide bonds. The van der Waals surface area contributed by atoms with E-state index >= 15 is 0 Å². The molecule has 0 saturated heterocycles. The Labute approximate surface area is 319 Å². The number of nitrogens with zero attached hydrogens (tertiary/aromatic N) is 2. The number of amides is 4. The topological polar surface area (TPSA) is 147 Å². The predicted octanol–water partition coefficient (Wildman–Crippen LogP) is 9.19. The Morgan fingerprint density at radius 1 is 0.630 bits per heavy atom. The van der Waals surface area contributed by atoms with Crippen molar-refractivity contribution >= 4 is 35.9 Å². The van der Waals surface area contributed by atoms with Crippen molar-refractivity contribution in [2.24, 2.45) is 9.98 Å². The van der Waals surface area contributed by atoms with E-state index in [4.69, 9.17) is 9.98 Å². The van der Waals surface area contributed by atoms with E-state index in [1.165, 1.54) is 0 Å². The van der Waals surface area contributed by atoms with Crippen molar-refractivity contribution in [2.75, 3.05) is 10.6 Å². The second kappa shape index (κ2) is 17.5. The van der Waals surface area contributed by atoms with Crippen LogP contribution in [-0.2, 0) is 23.9 Å². The van der Waals surface area contributed by atoms with Crippen LogP contribution in [0.4, 0.5) is 21.0 Å². The van der Waals surface area contributed by atoms with Gasteiger partial charge in [-0.25, -0.2) is 9.59 Å². The normalized spacial score (nSPS) is 16.3. The molecule has 1 saturated carbocycles. The van der Waals surface area contributed by atoms with Crippen LogP contribution in [0.3, 0.4) is 0 Å². The van der Waals surface area contributed by atoms with Gasteiger partial charge < -0.3 is 31.5 Å². The number of aliphatic imine (C=N–C) groups is 2. The average molecular weight is 731 g/mol. The third kappa shape index (κ3) is 10.9. The van der Waals surface area contributed by atoms with Crippen LogP contribution < -0.4 is 21.3 Å². The highest BCUT2D eigenvalue weighted by Gasteiger charge is 2.26. The molecule has 10 nitrogen and oxygen atoms in total. The van der Waals surface area contributed by atoms with Crippen molar-refractivity contribution < 1.29 is 19.8 Å². The Balaban J connectivity index is 1.34. The van der Waals surface area contributed by atoms with Gasteiger partial charge in [0.1, 0.15) is 11.5 Å². The van der Waals surface area contributed by atoms with E-state index in [0.29, 0.717) is 22.5 Å². The van der Waals surface area contributed by atoms with Crippen molar-refractivity contribution in [3.8, 4) is 11.5 Å². The van der Waals surface area contributed by atoms with Crippen LogP contribution in [0.25, 0.3) is 0 Å². The van der Waals surface area contributed by atoms with Crippen LogP contribution in [0.15, 0.2) is 94.9 Å². The number of carbonyl (C=O) groups is 2. The van der Waals surface area contributed by atoms with Crippen molar-refractivity contribution in [1.82, 2.24) is 10.6 Å². The van der Waals surface area contributed by atoms with Gasteiger partial charge in [-0.15, -0.1) is 0 Å². The molecular formula is C44H54N6O4. The van der Waals surface area contributed by atoms with Gasteiger partial charge >= 0.3 is 12.1 Å². The lowest BCUT2D eigenvalue weighted by molar-refractivity contribution is 0.251. The fraction of sp³-hybridized carbons (Fsp3) is 0.364. The monoisotopic (exact) mass is 730 g/mol. The summed E-state index contributed by atoms with van der Waals surface area (Å²) in [5.41, 5.74) is 5.09. The first-order valence-corrected chi connectivity index (χ1v) is 18.7. The van der Waals surface area contributed by atoms with E-state index < -0.39 is 0 Å². The number of urea groups is 2. The molecule has 0 aromatic heterocycles. The molecule has 2 atom stereocenters. The fourth-order valence-electron chi connectivity index (χ4n) is 6.53. The number of para-hydroxylation sites is 2. The summed E-state index contributed by atoms with van der Waals surface area (Å²) >= 11 is 0. The molecule has 0 bridgehead atoms. The van der Waals surface area contributed by atoms with Crippen molar-refractivity contribution in [2.45, 2.75) is 103 Å². The number of phenols is 2. The molecule has 54 heavy (non-hydrogen) atoms. The molecule has 1 fully saturated rings. The molecule has 1 aliphatic rings. The van der Waals surface area contributed by atoms with Gasteiger partial charge in [-0.3, -0.25) is 9.98 Å². The van der Waals surface area contributed by atoms with Gasteiger partial charge in [0.05, 0.1) is 12.1 Å². The SMILES string of the molecule is CC(C)(C)c1cc(CNC(=O)Nc2ccccc2)cc(C=N[C@@H]2CCCC[C@H]2N=Cc2cc(CNC(=O)Nc3ccccc3)cc(C(C)(C)C)c2O)c1O. The van der Waals surface area contributed by atoms with Crippen LogP contribution in [-0.4, -0.2) is 46.8 Å². The number of hydrogen-bond donors (Lipinski definition) is 6. The van der Waals surface area contributed by atoms with Crippen LogP contribution >= 0.6 is 0 Å². The lowest BCUT2D eigenvalue weighted by Gasteiger charge is -2.26. The summed E-state index contributed by atoms with van der Waals surface area (Å²) in [5, 5.41) is 34.3. The number of carbonyl (C=O) groups excluding carboxylic acids is 2. The summed E-state index contributed by atoms with van der Waals surface area (Å²) < 4.78 is 0. The van der Waals surface area contributed by atoms with Crippen molar-refractivity contribution in [3.63, 3.8) is 0 Å². The molecule has 284 valence electrons. The average Bonchev–Trinajstić information content (AvgIpc) is 3.13. The summed E-state index contributed by atoms with van der Waals surface area (Å²) in [5.74, 6) is 0.337. The number of benzene rings is 4. The summed E-state index contributed by atoms with van der Waals surface area (Å²) in [6.45, 7) is 12.8. The standard InChI is InChI=1S/C44H54N6O4/c1-43(2,3)35-23-29(25-47-41(53)49-33-15-9-7-10-16-33)21-31(39(35)51)27-45-37-19-13-14-20-38(37)46-28-32-22-30(24-36(40(32)52)44(4,5)6)26-48-42(54)50-34-17-11-8-12-18-34/h7-12,15-18,21-24,27-28,37-38,51-52H,13-14,19-20,25-26H2,1-6H3,(H2,47,49,53)(H2,48,50,54)/t37-,38-/m1/s1. The highest BCUT2D eigenvalue weighted by molar-refractivity contribution is 5.90. The Morgan fingerprint density at radius 2 is 1.00 bits per heavy atom. The minimum atomic E-state index is -0.351. The van der Waals surface area contributed by atoms with Crippen LogP contribution in [0.1, 0.15) is 101 Å². The van der Waals surface area contributed by atoms with Gasteiger partial charge in [-0.2, -0.15) is 0 Å². The first-order valence-electron chi connectivity index (χ1n) is 18.7. The number of rotatable bonds is 10. The van der Waals surface area contributed by atoms with Crippen LogP contribution in [0.2, 0.25) is 0 Å². The first-order chi connectivity index (χ1) is 25.7. The maximum Gasteiger partial charge on any atom is 0.319 e. The van der Waals surface area contributed by atoms with E-state index in [1.54, 1.807) is 12.4 Å². The van der Waals surface area contributed by atoms with E-state index in [9.17, 15) is 19.8 Å². The summed E-state index contributed by atoms with van der Waals surface area (Å²) in [4.78, 5) is 35.2.